The summed E-state index contributed by atoms with van der Waals surface area (Å²) in [4.78, 5) is 11.5. The van der Waals surface area contributed by atoms with Gasteiger partial charge in [0, 0.05) is 17.4 Å². The number of hydrogen-bond donors (Lipinski definition) is 2. The fourth-order valence-electron chi connectivity index (χ4n) is 1.45. The predicted molar refractivity (Wildman–Crippen MR) is 65.6 cm³/mol. The summed E-state index contributed by atoms with van der Waals surface area (Å²) in [7, 11) is 1.30. The zero-order chi connectivity index (χ0) is 13.1. The van der Waals surface area contributed by atoms with Crippen LogP contribution < -0.4 is 10.5 Å². The van der Waals surface area contributed by atoms with Gasteiger partial charge in [-0.15, -0.1) is 5.10 Å². The molecule has 1 aromatic heterocycles. The molecular formula is C12H13N3O3. The van der Waals surface area contributed by atoms with Crippen LogP contribution in [-0.4, -0.2) is 23.3 Å². The first-order valence-corrected chi connectivity index (χ1v) is 5.28. The Morgan fingerprint density at radius 1 is 1.39 bits per heavy atom. The van der Waals surface area contributed by atoms with Gasteiger partial charge in [0.25, 0.3) is 0 Å². The van der Waals surface area contributed by atoms with Crippen molar-refractivity contribution in [2.45, 2.75) is 6.92 Å². The number of esters is 1. The molecule has 6 heteroatoms. The molecule has 6 nitrogen and oxygen atoms in total. The number of aryl methyl sites for hydroxylation is 1. The van der Waals surface area contributed by atoms with Crippen molar-refractivity contribution in [3.8, 4) is 11.6 Å². The maximum absolute atomic E-state index is 11.5. The topological polar surface area (TPSA) is 90.2 Å². The zero-order valence-electron chi connectivity index (χ0n) is 10.1. The molecule has 0 saturated heterocycles. The van der Waals surface area contributed by atoms with E-state index >= 15 is 0 Å². The Balaban J connectivity index is 2.27. The minimum Gasteiger partial charge on any atom is -0.465 e. The molecule has 94 valence electrons. The lowest BCUT2D eigenvalue weighted by Gasteiger charge is -2.06. The van der Waals surface area contributed by atoms with Crippen LogP contribution in [0.15, 0.2) is 24.3 Å². The highest BCUT2D eigenvalue weighted by molar-refractivity contribution is 5.95. The SMILES string of the molecule is COC(=O)c1cc(Oc2cc(C)[nH]n2)ccc1N. The number of anilines is 1. The number of nitrogens with one attached hydrogen (secondary N) is 1. The average Bonchev–Trinajstić information content (AvgIpc) is 2.76. The van der Waals surface area contributed by atoms with Gasteiger partial charge in [0.15, 0.2) is 0 Å². The first-order chi connectivity index (χ1) is 8.60. The summed E-state index contributed by atoms with van der Waals surface area (Å²) in [6, 6.07) is 6.51. The van der Waals surface area contributed by atoms with Gasteiger partial charge in [0.2, 0.25) is 5.88 Å². The second kappa shape index (κ2) is 4.79. The van der Waals surface area contributed by atoms with Crippen LogP contribution in [0.1, 0.15) is 16.1 Å². The second-order valence-electron chi connectivity index (χ2n) is 3.73. The fraction of sp³-hybridized carbons (Fsp3) is 0.167. The average molecular weight is 247 g/mol. The molecular weight excluding hydrogens is 234 g/mol. The van der Waals surface area contributed by atoms with Crippen molar-refractivity contribution < 1.29 is 14.3 Å². The number of methoxy groups -OCH3 is 1. The Hall–Kier alpha value is -2.50. The van der Waals surface area contributed by atoms with Crippen LogP contribution in [0.2, 0.25) is 0 Å². The lowest BCUT2D eigenvalue weighted by Crippen LogP contribution is -2.05. The van der Waals surface area contributed by atoms with Crippen LogP contribution in [0.3, 0.4) is 0 Å². The Bertz CT molecular complexity index is 578. The largest absolute Gasteiger partial charge is 0.465 e. The van der Waals surface area contributed by atoms with Gasteiger partial charge < -0.3 is 15.2 Å². The van der Waals surface area contributed by atoms with Gasteiger partial charge in [-0.1, -0.05) is 0 Å². The molecule has 18 heavy (non-hydrogen) atoms. The number of nitrogens with zero attached hydrogens (tertiary/aromatic N) is 1. The minimum atomic E-state index is -0.504. The molecule has 0 aliphatic carbocycles. The highest BCUT2D eigenvalue weighted by atomic mass is 16.5. The van der Waals surface area contributed by atoms with Crippen molar-refractivity contribution in [2.24, 2.45) is 0 Å². The fourth-order valence-corrected chi connectivity index (χ4v) is 1.45. The van der Waals surface area contributed by atoms with Crippen molar-refractivity contribution in [2.75, 3.05) is 12.8 Å². The summed E-state index contributed by atoms with van der Waals surface area (Å²) in [5, 5.41) is 6.69. The number of carbonyl (C=O) groups is 1. The molecule has 0 aliphatic heterocycles. The Kier molecular flexibility index (Phi) is 3.18. The number of aromatic amines is 1. The molecule has 0 fully saturated rings. The number of nitrogen functional groups attached to an aromatic ring is 1. The van der Waals surface area contributed by atoms with Crippen LogP contribution in [-0.2, 0) is 4.74 Å². The van der Waals surface area contributed by atoms with E-state index in [-0.39, 0.29) is 5.56 Å². The van der Waals surface area contributed by atoms with Crippen LogP contribution in [0, 0.1) is 6.92 Å². The number of ether oxygens (including phenoxy) is 2. The van der Waals surface area contributed by atoms with E-state index in [1.165, 1.54) is 13.2 Å². The van der Waals surface area contributed by atoms with Crippen molar-refractivity contribution in [3.63, 3.8) is 0 Å². The molecule has 0 aliphatic rings. The van der Waals surface area contributed by atoms with Gasteiger partial charge >= 0.3 is 5.97 Å². The standard InChI is InChI=1S/C12H13N3O3/c1-7-5-11(15-14-7)18-8-3-4-10(13)9(6-8)12(16)17-2/h3-6H,13H2,1-2H3,(H,14,15). The molecule has 1 heterocycles. The molecule has 0 bridgehead atoms. The number of hydrogen-bond acceptors (Lipinski definition) is 5. The van der Waals surface area contributed by atoms with Crippen LogP contribution >= 0.6 is 0 Å². The zero-order valence-corrected chi connectivity index (χ0v) is 10.1. The number of nitrogens with two attached hydrogens (primary N) is 1. The number of carbonyl (C=O) groups excluding carboxylic acids is 1. The molecule has 1 aromatic carbocycles. The quantitative estimate of drug-likeness (QED) is 0.638. The maximum atomic E-state index is 11.5. The normalized spacial score (nSPS) is 10.1. The molecule has 0 amide bonds. The molecule has 0 spiro atoms. The predicted octanol–water partition coefficient (Wildman–Crippen LogP) is 1.88. The third kappa shape index (κ3) is 2.42. The smallest absolute Gasteiger partial charge is 0.340 e. The number of benzene rings is 1. The first-order valence-electron chi connectivity index (χ1n) is 5.28. The third-order valence-electron chi connectivity index (χ3n) is 2.33. The number of H-pyrrole nitrogens is 1. The van der Waals surface area contributed by atoms with Gasteiger partial charge in [0.05, 0.1) is 12.7 Å². The molecule has 0 unspecified atom stereocenters. The summed E-state index contributed by atoms with van der Waals surface area (Å²) in [6.07, 6.45) is 0. The van der Waals surface area contributed by atoms with E-state index in [1.54, 1.807) is 18.2 Å². The second-order valence-corrected chi connectivity index (χ2v) is 3.73. The van der Waals surface area contributed by atoms with Crippen LogP contribution in [0.4, 0.5) is 5.69 Å². The summed E-state index contributed by atoms with van der Waals surface area (Å²) in [6.45, 7) is 1.86. The third-order valence-corrected chi connectivity index (χ3v) is 2.33. The van der Waals surface area contributed by atoms with Gasteiger partial charge in [0.1, 0.15) is 5.75 Å². The van der Waals surface area contributed by atoms with Gasteiger partial charge in [-0.2, -0.15) is 0 Å². The van der Waals surface area contributed by atoms with Crippen molar-refractivity contribution in [1.29, 1.82) is 0 Å². The first kappa shape index (κ1) is 12.0. The van der Waals surface area contributed by atoms with Crippen LogP contribution in [0.5, 0.6) is 11.6 Å². The van der Waals surface area contributed by atoms with E-state index in [0.717, 1.165) is 5.69 Å². The molecule has 0 atom stereocenters. The minimum absolute atomic E-state index is 0.266. The van der Waals surface area contributed by atoms with Crippen molar-refractivity contribution in [3.05, 3.63) is 35.5 Å². The Labute approximate surface area is 104 Å². The molecule has 2 aromatic rings. The monoisotopic (exact) mass is 247 g/mol. The van der Waals surface area contributed by atoms with E-state index in [1.807, 2.05) is 6.92 Å². The van der Waals surface area contributed by atoms with E-state index in [0.29, 0.717) is 17.3 Å². The molecule has 0 saturated carbocycles. The summed E-state index contributed by atoms with van der Waals surface area (Å²) in [5.74, 6) is 0.389. The van der Waals surface area contributed by atoms with Gasteiger partial charge in [-0.05, 0) is 25.1 Å². The summed E-state index contributed by atoms with van der Waals surface area (Å²) < 4.78 is 10.1. The maximum Gasteiger partial charge on any atom is 0.340 e. The van der Waals surface area contributed by atoms with Gasteiger partial charge in [-0.3, -0.25) is 5.10 Å². The van der Waals surface area contributed by atoms with E-state index < -0.39 is 5.97 Å². The molecule has 0 radical (unpaired) electrons. The Morgan fingerprint density at radius 3 is 2.78 bits per heavy atom. The number of aromatic nitrogens is 2. The van der Waals surface area contributed by atoms with E-state index in [2.05, 4.69) is 14.9 Å². The summed E-state index contributed by atoms with van der Waals surface area (Å²) >= 11 is 0. The molecule has 3 N–H and O–H groups in total. The van der Waals surface area contributed by atoms with Crippen molar-refractivity contribution in [1.82, 2.24) is 10.2 Å². The van der Waals surface area contributed by atoms with Crippen LogP contribution in [0.25, 0.3) is 0 Å². The Morgan fingerprint density at radius 2 is 2.17 bits per heavy atom. The lowest BCUT2D eigenvalue weighted by atomic mass is 10.2. The van der Waals surface area contributed by atoms with Crippen molar-refractivity contribution >= 4 is 11.7 Å². The number of rotatable bonds is 3. The highest BCUT2D eigenvalue weighted by Crippen LogP contribution is 2.24. The lowest BCUT2D eigenvalue weighted by molar-refractivity contribution is 0.0601. The highest BCUT2D eigenvalue weighted by Gasteiger charge is 2.12. The van der Waals surface area contributed by atoms with Gasteiger partial charge in [-0.25, -0.2) is 4.79 Å². The van der Waals surface area contributed by atoms with E-state index in [9.17, 15) is 4.79 Å². The summed E-state index contributed by atoms with van der Waals surface area (Å²) in [5.41, 5.74) is 7.17. The molecule has 2 rings (SSSR count). The van der Waals surface area contributed by atoms with E-state index in [4.69, 9.17) is 10.5 Å².